The lowest BCUT2D eigenvalue weighted by molar-refractivity contribution is 0.203. The minimum absolute atomic E-state index is 0.0766. The number of unbranched alkanes of at least 4 members (excludes halogenated alkanes) is 1. The van der Waals surface area contributed by atoms with Crippen molar-refractivity contribution < 1.29 is 14.2 Å². The Morgan fingerprint density at radius 2 is 1.73 bits per heavy atom. The summed E-state index contributed by atoms with van der Waals surface area (Å²) in [5, 5.41) is 0.744. The summed E-state index contributed by atoms with van der Waals surface area (Å²) in [6, 6.07) is 21.0. The van der Waals surface area contributed by atoms with Crippen LogP contribution in [0.1, 0.15) is 48.1 Å². The van der Waals surface area contributed by atoms with E-state index in [1.165, 1.54) is 22.3 Å². The van der Waals surface area contributed by atoms with Gasteiger partial charge in [0.25, 0.3) is 0 Å². The van der Waals surface area contributed by atoms with Crippen LogP contribution < -0.4 is 14.2 Å². The molecule has 0 amide bonds. The topological polar surface area (TPSA) is 30.9 Å². The Morgan fingerprint density at radius 1 is 0.970 bits per heavy atom. The Balaban J connectivity index is 1.65. The molecule has 4 nitrogen and oxygen atoms in total. The van der Waals surface area contributed by atoms with Crippen LogP contribution in [0.2, 0.25) is 5.02 Å². The number of methoxy groups -OCH3 is 2. The molecule has 0 aliphatic carbocycles. The summed E-state index contributed by atoms with van der Waals surface area (Å²) in [6.45, 7) is 4.71. The van der Waals surface area contributed by atoms with E-state index in [0.29, 0.717) is 0 Å². The van der Waals surface area contributed by atoms with E-state index in [4.69, 9.17) is 25.8 Å². The van der Waals surface area contributed by atoms with Crippen molar-refractivity contribution in [2.75, 3.05) is 27.4 Å². The first-order valence-electron chi connectivity index (χ1n) is 11.6. The molecule has 0 saturated carbocycles. The molecular formula is C28H32ClNO3. The van der Waals surface area contributed by atoms with E-state index in [-0.39, 0.29) is 6.04 Å². The van der Waals surface area contributed by atoms with E-state index >= 15 is 0 Å². The van der Waals surface area contributed by atoms with Gasteiger partial charge in [0.15, 0.2) is 11.5 Å². The number of rotatable bonds is 9. The van der Waals surface area contributed by atoms with Gasteiger partial charge in [0, 0.05) is 18.1 Å². The van der Waals surface area contributed by atoms with Gasteiger partial charge < -0.3 is 14.2 Å². The molecular weight excluding hydrogens is 434 g/mol. The standard InChI is InChI=1S/C28H32ClNO3/c1-4-5-15-33-24-11-9-20(10-12-24)19-30-14-13-21-17-26(31-2)27(32-3)18-25(21)28(30)22-7-6-8-23(29)16-22/h6-12,16-18,28H,4-5,13-15,19H2,1-3H3/t28-/m0/s1. The maximum atomic E-state index is 6.40. The normalized spacial score (nSPS) is 15.7. The van der Waals surface area contributed by atoms with Crippen LogP contribution in [0.25, 0.3) is 0 Å². The molecule has 1 heterocycles. The van der Waals surface area contributed by atoms with E-state index in [9.17, 15) is 0 Å². The van der Waals surface area contributed by atoms with E-state index in [1.807, 2.05) is 12.1 Å². The Morgan fingerprint density at radius 3 is 2.42 bits per heavy atom. The van der Waals surface area contributed by atoms with Crippen molar-refractivity contribution in [2.24, 2.45) is 0 Å². The van der Waals surface area contributed by atoms with E-state index in [2.05, 4.69) is 60.4 Å². The Labute approximate surface area is 202 Å². The van der Waals surface area contributed by atoms with Crippen LogP contribution >= 0.6 is 11.6 Å². The van der Waals surface area contributed by atoms with Gasteiger partial charge in [-0.25, -0.2) is 0 Å². The molecule has 0 aromatic heterocycles. The average molecular weight is 466 g/mol. The molecule has 1 atom stereocenters. The van der Waals surface area contributed by atoms with Gasteiger partial charge in [0.1, 0.15) is 5.75 Å². The van der Waals surface area contributed by atoms with Gasteiger partial charge >= 0.3 is 0 Å². The monoisotopic (exact) mass is 465 g/mol. The fourth-order valence-electron chi connectivity index (χ4n) is 4.50. The third-order valence-electron chi connectivity index (χ3n) is 6.21. The van der Waals surface area contributed by atoms with Crippen molar-refractivity contribution in [2.45, 2.75) is 38.8 Å². The van der Waals surface area contributed by atoms with E-state index in [1.54, 1.807) is 14.2 Å². The molecule has 3 aromatic carbocycles. The van der Waals surface area contributed by atoms with E-state index < -0.39 is 0 Å². The Kier molecular flexibility index (Phi) is 7.79. The molecule has 3 aromatic rings. The van der Waals surface area contributed by atoms with E-state index in [0.717, 1.165) is 61.2 Å². The first kappa shape index (κ1) is 23.5. The summed E-state index contributed by atoms with van der Waals surface area (Å²) in [4.78, 5) is 2.51. The van der Waals surface area contributed by atoms with Crippen molar-refractivity contribution in [3.63, 3.8) is 0 Å². The van der Waals surface area contributed by atoms with Gasteiger partial charge in [-0.1, -0.05) is 49.2 Å². The highest BCUT2D eigenvalue weighted by Crippen LogP contribution is 2.42. The van der Waals surface area contributed by atoms with Crippen LogP contribution in [-0.4, -0.2) is 32.3 Å². The number of fused-ring (bicyclic) bond motifs is 1. The SMILES string of the molecule is CCCCOc1ccc(CN2CCc3cc(OC)c(OC)cc3[C@@H]2c2cccc(Cl)c2)cc1. The molecule has 0 saturated heterocycles. The maximum absolute atomic E-state index is 6.40. The lowest BCUT2D eigenvalue weighted by Crippen LogP contribution is -2.35. The summed E-state index contributed by atoms with van der Waals surface area (Å²) in [7, 11) is 3.37. The second-order valence-corrected chi connectivity index (χ2v) is 8.87. The fraction of sp³-hybridized carbons (Fsp3) is 0.357. The van der Waals surface area contributed by atoms with Gasteiger partial charge in [-0.05, 0) is 71.5 Å². The van der Waals surface area contributed by atoms with Crippen LogP contribution in [0.15, 0.2) is 60.7 Å². The highest BCUT2D eigenvalue weighted by atomic mass is 35.5. The van der Waals surface area contributed by atoms with Crippen LogP contribution in [0.3, 0.4) is 0 Å². The first-order chi connectivity index (χ1) is 16.1. The van der Waals surface area contributed by atoms with Crippen molar-refractivity contribution >= 4 is 11.6 Å². The highest BCUT2D eigenvalue weighted by Gasteiger charge is 2.30. The average Bonchev–Trinajstić information content (AvgIpc) is 2.84. The molecule has 0 unspecified atom stereocenters. The quantitative estimate of drug-likeness (QED) is 0.329. The summed E-state index contributed by atoms with van der Waals surface area (Å²) in [6.07, 6.45) is 3.16. The Hall–Kier alpha value is -2.69. The largest absolute Gasteiger partial charge is 0.494 e. The maximum Gasteiger partial charge on any atom is 0.161 e. The fourth-order valence-corrected chi connectivity index (χ4v) is 4.69. The molecule has 0 spiro atoms. The molecule has 0 N–H and O–H groups in total. The van der Waals surface area contributed by atoms with Gasteiger partial charge in [-0.3, -0.25) is 4.90 Å². The van der Waals surface area contributed by atoms with Crippen LogP contribution in [0, 0.1) is 0 Å². The lowest BCUT2D eigenvalue weighted by atomic mass is 9.87. The van der Waals surface area contributed by atoms with Gasteiger partial charge in [-0.15, -0.1) is 0 Å². The summed E-state index contributed by atoms with van der Waals surface area (Å²) >= 11 is 6.40. The number of hydrogen-bond acceptors (Lipinski definition) is 4. The summed E-state index contributed by atoms with van der Waals surface area (Å²) < 4.78 is 17.0. The molecule has 1 aliphatic rings. The smallest absolute Gasteiger partial charge is 0.161 e. The molecule has 33 heavy (non-hydrogen) atoms. The zero-order chi connectivity index (χ0) is 23.2. The van der Waals surface area contributed by atoms with Crippen LogP contribution in [0.4, 0.5) is 0 Å². The number of nitrogens with zero attached hydrogens (tertiary/aromatic N) is 1. The molecule has 0 bridgehead atoms. The molecule has 1 aliphatic heterocycles. The molecule has 0 radical (unpaired) electrons. The zero-order valence-electron chi connectivity index (χ0n) is 19.6. The molecule has 174 valence electrons. The van der Waals surface area contributed by atoms with Crippen LogP contribution in [-0.2, 0) is 13.0 Å². The molecule has 4 rings (SSSR count). The van der Waals surface area contributed by atoms with Crippen molar-refractivity contribution in [1.29, 1.82) is 0 Å². The zero-order valence-corrected chi connectivity index (χ0v) is 20.4. The molecule has 0 fully saturated rings. The minimum atomic E-state index is 0.0766. The highest BCUT2D eigenvalue weighted by molar-refractivity contribution is 6.30. The second-order valence-electron chi connectivity index (χ2n) is 8.43. The Bertz CT molecular complexity index is 1070. The van der Waals surface area contributed by atoms with Crippen LogP contribution in [0.5, 0.6) is 17.2 Å². The van der Waals surface area contributed by atoms with Gasteiger partial charge in [-0.2, -0.15) is 0 Å². The first-order valence-corrected chi connectivity index (χ1v) is 12.0. The summed E-state index contributed by atoms with van der Waals surface area (Å²) in [5.41, 5.74) is 4.96. The molecule has 5 heteroatoms. The minimum Gasteiger partial charge on any atom is -0.494 e. The number of ether oxygens (including phenoxy) is 3. The van der Waals surface area contributed by atoms with Gasteiger partial charge in [0.05, 0.1) is 26.9 Å². The van der Waals surface area contributed by atoms with Gasteiger partial charge in [0.2, 0.25) is 0 Å². The second kappa shape index (κ2) is 11.0. The van der Waals surface area contributed by atoms with Crippen molar-refractivity contribution in [3.8, 4) is 17.2 Å². The third kappa shape index (κ3) is 5.45. The number of hydrogen-bond donors (Lipinski definition) is 0. The number of halogens is 1. The third-order valence-corrected chi connectivity index (χ3v) is 6.45. The predicted octanol–water partition coefficient (Wildman–Crippen LogP) is 6.68. The van der Waals surface area contributed by atoms with Crippen molar-refractivity contribution in [3.05, 3.63) is 87.9 Å². The number of benzene rings is 3. The summed E-state index contributed by atoms with van der Waals surface area (Å²) in [5.74, 6) is 2.45. The lowest BCUT2D eigenvalue weighted by Gasteiger charge is -2.38. The predicted molar refractivity (Wildman–Crippen MR) is 134 cm³/mol. The van der Waals surface area contributed by atoms with Crippen molar-refractivity contribution in [1.82, 2.24) is 4.90 Å².